The van der Waals surface area contributed by atoms with Crippen molar-refractivity contribution in [1.29, 1.82) is 0 Å². The van der Waals surface area contributed by atoms with Gasteiger partial charge in [-0.1, -0.05) is 11.6 Å². The molecule has 1 aromatic rings. The van der Waals surface area contributed by atoms with E-state index in [1.165, 1.54) is 6.07 Å². The smallest absolute Gasteiger partial charge is 0.257 e. The van der Waals surface area contributed by atoms with Crippen molar-refractivity contribution in [3.63, 3.8) is 0 Å². The summed E-state index contributed by atoms with van der Waals surface area (Å²) in [6, 6.07) is 4.84. The van der Waals surface area contributed by atoms with Gasteiger partial charge in [0.05, 0.1) is 11.1 Å². The summed E-state index contributed by atoms with van der Waals surface area (Å²) in [5.74, 6) is 0.00216. The fourth-order valence-electron chi connectivity index (χ4n) is 1.73. The lowest BCUT2D eigenvalue weighted by Gasteiger charge is -2.08. The van der Waals surface area contributed by atoms with Crippen LogP contribution < -0.4 is 10.1 Å². The van der Waals surface area contributed by atoms with Crippen LogP contribution in [0.2, 0.25) is 5.02 Å². The predicted octanol–water partition coefficient (Wildman–Crippen LogP) is 2.55. The van der Waals surface area contributed by atoms with Crippen molar-refractivity contribution in [3.8, 4) is 5.75 Å². The van der Waals surface area contributed by atoms with E-state index >= 15 is 0 Å². The van der Waals surface area contributed by atoms with Gasteiger partial charge in [-0.3, -0.25) is 14.9 Å². The molecule has 0 radical (unpaired) electrons. The summed E-state index contributed by atoms with van der Waals surface area (Å²) in [4.78, 5) is 23.4. The molecule has 1 aromatic carbocycles. The summed E-state index contributed by atoms with van der Waals surface area (Å²) < 4.78 is 5.59. The van der Waals surface area contributed by atoms with Gasteiger partial charge in [0.25, 0.3) is 5.91 Å². The molecule has 100 valence electrons. The second kappa shape index (κ2) is 4.85. The van der Waals surface area contributed by atoms with Gasteiger partial charge in [0.2, 0.25) is 5.91 Å². The van der Waals surface area contributed by atoms with Crippen molar-refractivity contribution in [1.82, 2.24) is 5.32 Å². The van der Waals surface area contributed by atoms with Crippen LogP contribution >= 0.6 is 11.6 Å². The minimum atomic E-state index is -0.406. The molecule has 1 N–H and O–H groups in total. The highest BCUT2D eigenvalue weighted by molar-refractivity contribution is 6.32. The van der Waals surface area contributed by atoms with Gasteiger partial charge in [-0.15, -0.1) is 0 Å². The van der Waals surface area contributed by atoms with Crippen molar-refractivity contribution in [2.24, 2.45) is 5.92 Å². The average molecular weight is 280 g/mol. The highest BCUT2D eigenvalue weighted by atomic mass is 35.5. The standard InChI is InChI=1S/C14H14ClNO3/c15-11-7-9(3-6-12(11)19-10-4-5-10)14(18)16-13(17)8-1-2-8/h3,6-8,10H,1-2,4-5H2,(H,16,17,18). The molecule has 2 aliphatic rings. The van der Waals surface area contributed by atoms with E-state index in [1.807, 2.05) is 0 Å². The van der Waals surface area contributed by atoms with Gasteiger partial charge in [-0.25, -0.2) is 0 Å². The molecule has 0 unspecified atom stereocenters. The van der Waals surface area contributed by atoms with Crippen molar-refractivity contribution in [2.75, 3.05) is 0 Å². The number of carbonyl (C=O) groups excluding carboxylic acids is 2. The van der Waals surface area contributed by atoms with E-state index in [4.69, 9.17) is 16.3 Å². The Hall–Kier alpha value is -1.55. The molecular formula is C14H14ClNO3. The fourth-order valence-corrected chi connectivity index (χ4v) is 1.96. The number of imide groups is 1. The van der Waals surface area contributed by atoms with E-state index in [1.54, 1.807) is 12.1 Å². The maximum absolute atomic E-state index is 11.9. The van der Waals surface area contributed by atoms with E-state index in [0.717, 1.165) is 25.7 Å². The Morgan fingerprint density at radius 3 is 2.53 bits per heavy atom. The number of nitrogens with one attached hydrogen (secondary N) is 1. The topological polar surface area (TPSA) is 55.4 Å². The molecular weight excluding hydrogens is 266 g/mol. The van der Waals surface area contributed by atoms with E-state index in [0.29, 0.717) is 16.3 Å². The van der Waals surface area contributed by atoms with E-state index < -0.39 is 5.91 Å². The van der Waals surface area contributed by atoms with Crippen molar-refractivity contribution >= 4 is 23.4 Å². The zero-order valence-corrected chi connectivity index (χ0v) is 11.1. The van der Waals surface area contributed by atoms with Gasteiger partial charge in [-0.05, 0) is 43.9 Å². The summed E-state index contributed by atoms with van der Waals surface area (Å²) >= 11 is 6.07. The van der Waals surface area contributed by atoms with Crippen LogP contribution in [0.3, 0.4) is 0 Å². The molecule has 0 bridgehead atoms. The first-order valence-electron chi connectivity index (χ1n) is 6.45. The summed E-state index contributed by atoms with van der Waals surface area (Å²) in [6.45, 7) is 0. The molecule has 5 heteroatoms. The Morgan fingerprint density at radius 1 is 1.21 bits per heavy atom. The highest BCUT2D eigenvalue weighted by Gasteiger charge is 2.31. The SMILES string of the molecule is O=C(NC(=O)C1CC1)c1ccc(OC2CC2)c(Cl)c1. The molecule has 2 fully saturated rings. The number of hydrogen-bond donors (Lipinski definition) is 1. The first-order chi connectivity index (χ1) is 9.13. The molecule has 2 saturated carbocycles. The second-order valence-corrected chi connectivity index (χ2v) is 5.46. The van der Waals surface area contributed by atoms with Crippen LogP contribution in [0.4, 0.5) is 0 Å². The number of carbonyl (C=O) groups is 2. The first-order valence-corrected chi connectivity index (χ1v) is 6.82. The molecule has 0 saturated heterocycles. The first kappa shape index (κ1) is 12.5. The Morgan fingerprint density at radius 2 is 1.95 bits per heavy atom. The van der Waals surface area contributed by atoms with Crippen LogP contribution in [0.15, 0.2) is 18.2 Å². The molecule has 0 aromatic heterocycles. The van der Waals surface area contributed by atoms with E-state index in [2.05, 4.69) is 5.32 Å². The van der Waals surface area contributed by atoms with Crippen molar-refractivity contribution in [2.45, 2.75) is 31.8 Å². The summed E-state index contributed by atoms with van der Waals surface area (Å²) in [6.07, 6.45) is 4.10. The van der Waals surface area contributed by atoms with Crippen LogP contribution in [0.25, 0.3) is 0 Å². The van der Waals surface area contributed by atoms with Gasteiger partial charge in [0, 0.05) is 11.5 Å². The third-order valence-electron chi connectivity index (χ3n) is 3.20. The lowest BCUT2D eigenvalue weighted by molar-refractivity contribution is -0.121. The van der Waals surface area contributed by atoms with Crippen molar-refractivity contribution in [3.05, 3.63) is 28.8 Å². The zero-order chi connectivity index (χ0) is 13.4. The zero-order valence-electron chi connectivity index (χ0n) is 10.3. The maximum Gasteiger partial charge on any atom is 0.257 e. The highest BCUT2D eigenvalue weighted by Crippen LogP contribution is 2.32. The van der Waals surface area contributed by atoms with Crippen LogP contribution in [-0.4, -0.2) is 17.9 Å². The molecule has 3 rings (SSSR count). The Labute approximate surface area is 116 Å². The third kappa shape index (κ3) is 3.07. The number of halogens is 1. The van der Waals surface area contributed by atoms with Gasteiger partial charge in [0.1, 0.15) is 5.75 Å². The predicted molar refractivity (Wildman–Crippen MR) is 70.3 cm³/mol. The summed E-state index contributed by atoms with van der Waals surface area (Å²) in [5.41, 5.74) is 0.377. The second-order valence-electron chi connectivity index (χ2n) is 5.06. The molecule has 2 aliphatic carbocycles. The molecule has 4 nitrogen and oxygen atoms in total. The monoisotopic (exact) mass is 279 g/mol. The van der Waals surface area contributed by atoms with Gasteiger partial charge < -0.3 is 4.74 Å². The van der Waals surface area contributed by atoms with Crippen LogP contribution in [-0.2, 0) is 4.79 Å². The normalized spacial score (nSPS) is 17.9. The van der Waals surface area contributed by atoms with Gasteiger partial charge in [-0.2, -0.15) is 0 Å². The van der Waals surface area contributed by atoms with Crippen LogP contribution in [0, 0.1) is 5.92 Å². The molecule has 2 amide bonds. The van der Waals surface area contributed by atoms with E-state index in [-0.39, 0.29) is 17.9 Å². The number of amides is 2. The molecule has 0 atom stereocenters. The van der Waals surface area contributed by atoms with Crippen LogP contribution in [0.1, 0.15) is 36.0 Å². The average Bonchev–Trinajstić information content (AvgIpc) is 3.25. The van der Waals surface area contributed by atoms with Crippen LogP contribution in [0.5, 0.6) is 5.75 Å². The van der Waals surface area contributed by atoms with Crippen molar-refractivity contribution < 1.29 is 14.3 Å². The fraction of sp³-hybridized carbons (Fsp3) is 0.429. The number of benzene rings is 1. The number of hydrogen-bond acceptors (Lipinski definition) is 3. The Bertz CT molecular complexity index is 535. The third-order valence-corrected chi connectivity index (χ3v) is 3.49. The largest absolute Gasteiger partial charge is 0.489 e. The molecule has 0 spiro atoms. The molecule has 0 heterocycles. The van der Waals surface area contributed by atoms with Gasteiger partial charge >= 0.3 is 0 Å². The Kier molecular flexibility index (Phi) is 3.19. The quantitative estimate of drug-likeness (QED) is 0.862. The minimum Gasteiger partial charge on any atom is -0.489 e. The molecule has 19 heavy (non-hydrogen) atoms. The van der Waals surface area contributed by atoms with E-state index in [9.17, 15) is 9.59 Å². The minimum absolute atomic E-state index is 0.0110. The van der Waals surface area contributed by atoms with Gasteiger partial charge in [0.15, 0.2) is 0 Å². The molecule has 0 aliphatic heterocycles. The lowest BCUT2D eigenvalue weighted by atomic mass is 10.2. The maximum atomic E-state index is 11.9. The summed E-state index contributed by atoms with van der Waals surface area (Å²) in [5, 5.41) is 2.78. The summed E-state index contributed by atoms with van der Waals surface area (Å²) in [7, 11) is 0. The Balaban J connectivity index is 1.67. The number of rotatable bonds is 4. The lowest BCUT2D eigenvalue weighted by Crippen LogP contribution is -2.31. The number of ether oxygens (including phenoxy) is 1.